The number of H-pyrrole nitrogens is 1. The molecule has 164 valence electrons. The largest absolute Gasteiger partial charge is 0.508 e. The Labute approximate surface area is 190 Å². The number of hydrogen-bond acceptors (Lipinski definition) is 4. The van der Waals surface area contributed by atoms with Gasteiger partial charge in [-0.15, -0.1) is 0 Å². The lowest BCUT2D eigenvalue weighted by atomic mass is 9.92. The van der Waals surface area contributed by atoms with Crippen molar-refractivity contribution in [1.82, 2.24) is 9.88 Å². The number of nitrogens with one attached hydrogen (secondary N) is 1. The number of benzene rings is 3. The van der Waals surface area contributed by atoms with Crippen LogP contribution in [0.15, 0.2) is 72.8 Å². The van der Waals surface area contributed by atoms with Gasteiger partial charge in [-0.1, -0.05) is 36.4 Å². The summed E-state index contributed by atoms with van der Waals surface area (Å²) in [6, 6.07) is 20.6. The van der Waals surface area contributed by atoms with E-state index in [2.05, 4.69) is 17.1 Å². The monoisotopic (exact) mass is 438 g/mol. The minimum atomic E-state index is -0.271. The number of fused-ring (bicyclic) bond motifs is 4. The molecule has 33 heavy (non-hydrogen) atoms. The van der Waals surface area contributed by atoms with Crippen LogP contribution in [0.1, 0.15) is 28.4 Å². The highest BCUT2D eigenvalue weighted by Crippen LogP contribution is 2.42. The van der Waals surface area contributed by atoms with E-state index in [1.807, 2.05) is 35.2 Å². The summed E-state index contributed by atoms with van der Waals surface area (Å²) in [5.74, 6) is 1.54. The lowest BCUT2D eigenvalue weighted by Crippen LogP contribution is -2.39. The summed E-state index contributed by atoms with van der Waals surface area (Å²) in [5, 5.41) is 10.7. The average molecular weight is 438 g/mol. The van der Waals surface area contributed by atoms with Crippen LogP contribution in [0, 0.1) is 0 Å². The molecule has 0 radical (unpaired) electrons. The number of amides is 1. The fourth-order valence-electron chi connectivity index (χ4n) is 4.76. The summed E-state index contributed by atoms with van der Waals surface area (Å²) in [6.45, 7) is 0.811. The van der Waals surface area contributed by atoms with E-state index in [1.54, 1.807) is 36.4 Å². The zero-order valence-electron chi connectivity index (χ0n) is 17.8. The number of rotatable bonds is 3. The Balaban J connectivity index is 1.42. The first-order valence-corrected chi connectivity index (χ1v) is 10.9. The summed E-state index contributed by atoms with van der Waals surface area (Å²) in [4.78, 5) is 18.9. The number of carbonyl (C=O) groups excluding carboxylic acids is 1. The molecule has 0 saturated carbocycles. The van der Waals surface area contributed by atoms with Crippen LogP contribution < -0.4 is 9.47 Å². The van der Waals surface area contributed by atoms with E-state index in [0.717, 1.165) is 34.5 Å². The van der Waals surface area contributed by atoms with E-state index in [4.69, 9.17) is 9.47 Å². The zero-order chi connectivity index (χ0) is 22.4. The Morgan fingerprint density at radius 2 is 1.85 bits per heavy atom. The summed E-state index contributed by atoms with van der Waals surface area (Å²) in [5.41, 5.74) is 5.18. The van der Waals surface area contributed by atoms with Gasteiger partial charge in [0.05, 0.1) is 6.04 Å². The van der Waals surface area contributed by atoms with E-state index < -0.39 is 0 Å². The first-order chi connectivity index (χ1) is 16.2. The van der Waals surface area contributed by atoms with Gasteiger partial charge in [0.15, 0.2) is 11.5 Å². The molecular formula is C27H22N2O4. The van der Waals surface area contributed by atoms with Crippen molar-refractivity contribution in [3.8, 4) is 17.2 Å². The first kappa shape index (κ1) is 19.5. The normalized spacial score (nSPS) is 17.0. The van der Waals surface area contributed by atoms with Gasteiger partial charge in [0.1, 0.15) is 5.75 Å². The van der Waals surface area contributed by atoms with E-state index >= 15 is 0 Å². The van der Waals surface area contributed by atoms with Gasteiger partial charge in [0.25, 0.3) is 0 Å². The van der Waals surface area contributed by atoms with Crippen molar-refractivity contribution in [3.63, 3.8) is 0 Å². The quantitative estimate of drug-likeness (QED) is 0.451. The third kappa shape index (κ3) is 3.40. The topological polar surface area (TPSA) is 74.8 Å². The van der Waals surface area contributed by atoms with Crippen LogP contribution in [-0.2, 0) is 11.2 Å². The number of hydrogen-bond donors (Lipinski definition) is 2. The Kier molecular flexibility index (Phi) is 4.57. The molecule has 1 unspecified atom stereocenters. The molecular weight excluding hydrogens is 416 g/mol. The van der Waals surface area contributed by atoms with Crippen molar-refractivity contribution >= 4 is 22.9 Å². The minimum Gasteiger partial charge on any atom is -0.508 e. The Hall–Kier alpha value is -4.19. The molecule has 0 aliphatic carbocycles. The van der Waals surface area contributed by atoms with E-state index in [1.165, 1.54) is 10.9 Å². The number of para-hydroxylation sites is 1. The fraction of sp³-hybridized carbons (Fsp3) is 0.148. The second kappa shape index (κ2) is 7.74. The van der Waals surface area contributed by atoms with Gasteiger partial charge in [0.2, 0.25) is 12.7 Å². The molecule has 0 fully saturated rings. The molecule has 1 atom stereocenters. The molecule has 0 spiro atoms. The second-order valence-corrected chi connectivity index (χ2v) is 8.28. The molecule has 2 aliphatic rings. The average Bonchev–Trinajstić information content (AvgIpc) is 3.46. The molecule has 6 nitrogen and oxygen atoms in total. The molecule has 0 bridgehead atoms. The number of nitrogens with zero attached hydrogens (tertiary/aromatic N) is 1. The molecule has 3 aromatic carbocycles. The molecule has 1 amide bonds. The smallest absolute Gasteiger partial charge is 0.247 e. The van der Waals surface area contributed by atoms with Gasteiger partial charge in [-0.05, 0) is 59.5 Å². The number of aromatic nitrogens is 1. The van der Waals surface area contributed by atoms with Crippen LogP contribution in [0.25, 0.3) is 17.0 Å². The number of ether oxygens (including phenoxy) is 2. The molecule has 6 rings (SSSR count). The molecule has 2 N–H and O–H groups in total. The number of carbonyl (C=O) groups is 1. The van der Waals surface area contributed by atoms with Crippen molar-refractivity contribution in [2.45, 2.75) is 12.5 Å². The highest BCUT2D eigenvalue weighted by atomic mass is 16.7. The van der Waals surface area contributed by atoms with Crippen molar-refractivity contribution in [1.29, 1.82) is 0 Å². The number of aromatic amines is 1. The third-order valence-corrected chi connectivity index (χ3v) is 6.34. The predicted molar refractivity (Wildman–Crippen MR) is 125 cm³/mol. The fourth-order valence-corrected chi connectivity index (χ4v) is 4.76. The highest BCUT2D eigenvalue weighted by Gasteiger charge is 2.34. The lowest BCUT2D eigenvalue weighted by molar-refractivity contribution is -0.128. The molecule has 0 saturated heterocycles. The summed E-state index contributed by atoms with van der Waals surface area (Å²) < 4.78 is 11.1. The Bertz CT molecular complexity index is 1390. The van der Waals surface area contributed by atoms with Crippen molar-refractivity contribution in [3.05, 3.63) is 95.2 Å². The van der Waals surface area contributed by atoms with Crippen LogP contribution in [0.5, 0.6) is 17.2 Å². The number of aromatic hydroxyl groups is 1. The van der Waals surface area contributed by atoms with Gasteiger partial charge in [-0.2, -0.15) is 0 Å². The van der Waals surface area contributed by atoms with Crippen LogP contribution in [0.4, 0.5) is 0 Å². The number of phenols is 1. The maximum absolute atomic E-state index is 13.4. The molecule has 4 aromatic rings. The van der Waals surface area contributed by atoms with Crippen LogP contribution in [-0.4, -0.2) is 34.2 Å². The third-order valence-electron chi connectivity index (χ3n) is 6.34. The van der Waals surface area contributed by atoms with Crippen LogP contribution in [0.3, 0.4) is 0 Å². The maximum Gasteiger partial charge on any atom is 0.247 e. The Morgan fingerprint density at radius 3 is 2.73 bits per heavy atom. The predicted octanol–water partition coefficient (Wildman–Crippen LogP) is 4.79. The summed E-state index contributed by atoms with van der Waals surface area (Å²) in [6.07, 6.45) is 4.15. The highest BCUT2D eigenvalue weighted by molar-refractivity contribution is 5.93. The van der Waals surface area contributed by atoms with E-state index in [9.17, 15) is 9.90 Å². The van der Waals surface area contributed by atoms with Crippen LogP contribution >= 0.6 is 0 Å². The standard InChI is InChI=1S/C27H22N2O4/c30-19-9-5-17(6-10-19)7-12-25(31)29-14-13-21-20-3-1-2-4-22(20)28-26(21)27(29)18-8-11-23-24(15-18)33-16-32-23/h1-12,15,27-28,30H,13-14,16H2/b12-7+. The van der Waals surface area contributed by atoms with Gasteiger partial charge < -0.3 is 24.5 Å². The van der Waals surface area contributed by atoms with Gasteiger partial charge in [0, 0.05) is 29.2 Å². The minimum absolute atomic E-state index is 0.0740. The van der Waals surface area contributed by atoms with Crippen molar-refractivity contribution in [2.24, 2.45) is 0 Å². The summed E-state index contributed by atoms with van der Waals surface area (Å²) >= 11 is 0. The molecule has 2 aliphatic heterocycles. The summed E-state index contributed by atoms with van der Waals surface area (Å²) in [7, 11) is 0. The maximum atomic E-state index is 13.4. The van der Waals surface area contributed by atoms with Crippen molar-refractivity contribution < 1.29 is 19.4 Å². The SMILES string of the molecule is O=C(/C=C/c1ccc(O)cc1)N1CCc2c([nH]c3ccccc23)C1c1ccc2c(c1)OCO2. The van der Waals surface area contributed by atoms with E-state index in [-0.39, 0.29) is 24.5 Å². The van der Waals surface area contributed by atoms with Gasteiger partial charge in [-0.25, -0.2) is 0 Å². The molecule has 1 aromatic heterocycles. The van der Waals surface area contributed by atoms with Crippen molar-refractivity contribution in [2.75, 3.05) is 13.3 Å². The number of phenolic OH excluding ortho intramolecular Hbond substituents is 1. The van der Waals surface area contributed by atoms with E-state index in [0.29, 0.717) is 12.3 Å². The molecule has 6 heteroatoms. The van der Waals surface area contributed by atoms with Gasteiger partial charge >= 0.3 is 0 Å². The molecule has 3 heterocycles. The first-order valence-electron chi connectivity index (χ1n) is 10.9. The van der Waals surface area contributed by atoms with Crippen LogP contribution in [0.2, 0.25) is 0 Å². The second-order valence-electron chi connectivity index (χ2n) is 8.28. The van der Waals surface area contributed by atoms with Gasteiger partial charge in [-0.3, -0.25) is 4.79 Å². The lowest BCUT2D eigenvalue weighted by Gasteiger charge is -2.35. The Morgan fingerprint density at radius 1 is 1.03 bits per heavy atom. The zero-order valence-corrected chi connectivity index (χ0v) is 17.8.